The van der Waals surface area contributed by atoms with E-state index in [1.54, 1.807) is 31.2 Å². The number of fused-ring (bicyclic) bond motifs is 4. The Morgan fingerprint density at radius 2 is 1.76 bits per heavy atom. The van der Waals surface area contributed by atoms with E-state index in [2.05, 4.69) is 10.6 Å². The molecular formula is C25H25ClN4O4. The predicted octanol–water partition coefficient (Wildman–Crippen LogP) is 2.46. The van der Waals surface area contributed by atoms with Crippen molar-refractivity contribution in [2.24, 2.45) is 17.6 Å². The Morgan fingerprint density at radius 3 is 2.41 bits per heavy atom. The Morgan fingerprint density at radius 1 is 1.09 bits per heavy atom. The largest absolute Gasteiger partial charge is 0.370 e. The number of anilines is 2. The molecule has 0 aliphatic carbocycles. The minimum absolute atomic E-state index is 0.0239. The van der Waals surface area contributed by atoms with Crippen molar-refractivity contribution in [3.63, 3.8) is 0 Å². The van der Waals surface area contributed by atoms with Crippen molar-refractivity contribution in [3.8, 4) is 0 Å². The Kier molecular flexibility index (Phi) is 5.07. The number of nitrogens with two attached hydrogens (primary N) is 1. The Bertz CT molecular complexity index is 1270. The van der Waals surface area contributed by atoms with Crippen molar-refractivity contribution in [2.75, 3.05) is 10.2 Å². The third kappa shape index (κ3) is 3.02. The molecule has 2 fully saturated rings. The zero-order chi connectivity index (χ0) is 24.5. The predicted molar refractivity (Wildman–Crippen MR) is 127 cm³/mol. The van der Waals surface area contributed by atoms with Crippen LogP contribution in [0.3, 0.4) is 0 Å². The maximum absolute atomic E-state index is 13.9. The van der Waals surface area contributed by atoms with E-state index in [4.69, 9.17) is 17.3 Å². The summed E-state index contributed by atoms with van der Waals surface area (Å²) in [5.41, 5.74) is 8.07. The average Bonchev–Trinajstić information content (AvgIpc) is 3.33. The van der Waals surface area contributed by atoms with E-state index in [1.165, 1.54) is 4.90 Å². The number of hydrogen-bond acceptors (Lipinski definition) is 5. The second-order valence-corrected chi connectivity index (χ2v) is 9.88. The van der Waals surface area contributed by atoms with Gasteiger partial charge < -0.3 is 11.1 Å². The van der Waals surface area contributed by atoms with E-state index in [0.29, 0.717) is 27.5 Å². The fourth-order valence-electron chi connectivity index (χ4n) is 5.87. The van der Waals surface area contributed by atoms with Gasteiger partial charge in [0.05, 0.1) is 23.2 Å². The molecule has 9 heteroatoms. The summed E-state index contributed by atoms with van der Waals surface area (Å²) >= 11 is 6.29. The van der Waals surface area contributed by atoms with E-state index < -0.39 is 41.1 Å². The van der Waals surface area contributed by atoms with Gasteiger partial charge in [-0.3, -0.25) is 24.5 Å². The Balaban J connectivity index is 1.68. The number of amides is 4. The Labute approximate surface area is 201 Å². The van der Waals surface area contributed by atoms with Crippen molar-refractivity contribution in [1.82, 2.24) is 5.32 Å². The number of carbonyl (C=O) groups is 4. The quantitative estimate of drug-likeness (QED) is 0.580. The highest BCUT2D eigenvalue weighted by atomic mass is 35.5. The minimum atomic E-state index is -1.45. The minimum Gasteiger partial charge on any atom is -0.370 e. The first-order chi connectivity index (χ1) is 16.1. The normalized spacial score (nSPS) is 27.4. The van der Waals surface area contributed by atoms with Crippen molar-refractivity contribution < 1.29 is 19.2 Å². The highest BCUT2D eigenvalue weighted by Gasteiger charge is 2.70. The number of halogens is 1. The van der Waals surface area contributed by atoms with Gasteiger partial charge in [0.15, 0.2) is 0 Å². The fraction of sp³-hybridized carbons (Fsp3) is 0.360. The molecule has 0 unspecified atom stereocenters. The molecule has 3 heterocycles. The van der Waals surface area contributed by atoms with Crippen molar-refractivity contribution >= 4 is 46.6 Å². The monoisotopic (exact) mass is 480 g/mol. The molecule has 34 heavy (non-hydrogen) atoms. The van der Waals surface area contributed by atoms with Crippen LogP contribution in [0.4, 0.5) is 11.4 Å². The van der Waals surface area contributed by atoms with Gasteiger partial charge >= 0.3 is 0 Å². The van der Waals surface area contributed by atoms with Gasteiger partial charge in [-0.15, -0.1) is 0 Å². The lowest BCUT2D eigenvalue weighted by atomic mass is 9.76. The lowest BCUT2D eigenvalue weighted by Gasteiger charge is -2.29. The number of hydrogen-bond donors (Lipinski definition) is 3. The van der Waals surface area contributed by atoms with Gasteiger partial charge in [-0.1, -0.05) is 23.7 Å². The number of aryl methyl sites for hydroxylation is 2. The van der Waals surface area contributed by atoms with Crippen molar-refractivity contribution in [3.05, 3.63) is 57.6 Å². The number of carbonyl (C=O) groups excluding carboxylic acids is 4. The van der Waals surface area contributed by atoms with E-state index >= 15 is 0 Å². The molecular weight excluding hydrogens is 456 g/mol. The summed E-state index contributed by atoms with van der Waals surface area (Å²) < 4.78 is 0. The number of imide groups is 1. The van der Waals surface area contributed by atoms with Crippen LogP contribution in [-0.4, -0.2) is 29.7 Å². The van der Waals surface area contributed by atoms with Crippen LogP contribution in [0, 0.1) is 32.6 Å². The molecule has 4 N–H and O–H groups in total. The average molecular weight is 481 g/mol. The molecule has 0 aromatic heterocycles. The zero-order valence-electron chi connectivity index (χ0n) is 19.1. The molecule has 2 aromatic carbocycles. The first-order valence-corrected chi connectivity index (χ1v) is 11.6. The summed E-state index contributed by atoms with van der Waals surface area (Å²) in [5, 5.41) is 6.67. The fourth-order valence-corrected chi connectivity index (χ4v) is 6.03. The van der Waals surface area contributed by atoms with Crippen LogP contribution in [0.2, 0.25) is 5.02 Å². The molecule has 1 spiro atoms. The van der Waals surface area contributed by atoms with Gasteiger partial charge in [-0.05, 0) is 62.1 Å². The van der Waals surface area contributed by atoms with Crippen LogP contribution in [0.5, 0.6) is 0 Å². The van der Waals surface area contributed by atoms with Crippen LogP contribution < -0.4 is 21.3 Å². The molecule has 8 nitrogen and oxygen atoms in total. The number of nitrogens with one attached hydrogen (secondary N) is 2. The molecule has 0 bridgehead atoms. The standard InChI is InChI=1S/C25H25ClN4O4/c1-11-8-12(2)10-14(9-11)30-22(32)19-17(6-7-18(27)31)29-25(20(19)23(30)33)15-4-5-16(26)13(3)21(15)28-24(25)34/h4-5,8-10,17,19-20,29H,6-7H2,1-3H3,(H2,27,31)(H,28,34)/t17-,19-,20+,25+/m1/s1. The van der Waals surface area contributed by atoms with Gasteiger partial charge in [-0.25, -0.2) is 4.90 Å². The Hall–Kier alpha value is -3.23. The maximum Gasteiger partial charge on any atom is 0.250 e. The van der Waals surface area contributed by atoms with Crippen molar-refractivity contribution in [1.29, 1.82) is 0 Å². The van der Waals surface area contributed by atoms with Gasteiger partial charge in [0.25, 0.3) is 0 Å². The van der Waals surface area contributed by atoms with Crippen LogP contribution in [0.15, 0.2) is 30.3 Å². The van der Waals surface area contributed by atoms with Crippen LogP contribution >= 0.6 is 11.6 Å². The zero-order valence-corrected chi connectivity index (χ0v) is 19.8. The van der Waals surface area contributed by atoms with Crippen molar-refractivity contribution in [2.45, 2.75) is 45.2 Å². The molecule has 3 aliphatic rings. The number of primary amides is 1. The number of nitrogens with zero attached hydrogens (tertiary/aromatic N) is 1. The molecule has 2 aromatic rings. The molecule has 176 valence electrons. The first-order valence-electron chi connectivity index (χ1n) is 11.2. The van der Waals surface area contributed by atoms with Gasteiger partial charge in [-0.2, -0.15) is 0 Å². The first kappa shape index (κ1) is 22.6. The van der Waals surface area contributed by atoms with E-state index in [0.717, 1.165) is 11.1 Å². The second-order valence-electron chi connectivity index (χ2n) is 9.47. The lowest BCUT2D eigenvalue weighted by Crippen LogP contribution is -2.53. The van der Waals surface area contributed by atoms with Gasteiger partial charge in [0, 0.05) is 23.0 Å². The van der Waals surface area contributed by atoms with Gasteiger partial charge in [0.2, 0.25) is 23.6 Å². The molecule has 0 radical (unpaired) electrons. The van der Waals surface area contributed by atoms with Crippen LogP contribution in [0.25, 0.3) is 0 Å². The summed E-state index contributed by atoms with van der Waals surface area (Å²) in [7, 11) is 0. The SMILES string of the molecule is Cc1cc(C)cc(N2C(=O)[C@H]3[C@@H](C2=O)[C@]2(N[C@@H]3CCC(N)=O)C(=O)Nc3c2ccc(Cl)c3C)c1. The highest BCUT2D eigenvalue weighted by Crippen LogP contribution is 2.55. The summed E-state index contributed by atoms with van der Waals surface area (Å²) in [4.78, 5) is 54.0. The maximum atomic E-state index is 13.9. The van der Waals surface area contributed by atoms with Crippen LogP contribution in [-0.2, 0) is 24.7 Å². The topological polar surface area (TPSA) is 122 Å². The summed E-state index contributed by atoms with van der Waals surface area (Å²) in [6.07, 6.45) is 0.253. The molecule has 5 rings (SSSR count). The van der Waals surface area contributed by atoms with E-state index in [9.17, 15) is 19.2 Å². The summed E-state index contributed by atoms with van der Waals surface area (Å²) in [5.74, 6) is -3.54. The second kappa shape index (κ2) is 7.65. The summed E-state index contributed by atoms with van der Waals surface area (Å²) in [6.45, 7) is 5.59. The molecule has 3 aliphatic heterocycles. The third-order valence-electron chi connectivity index (χ3n) is 7.25. The van der Waals surface area contributed by atoms with E-state index in [1.807, 2.05) is 19.9 Å². The van der Waals surface area contributed by atoms with Gasteiger partial charge in [0.1, 0.15) is 5.54 Å². The smallest absolute Gasteiger partial charge is 0.250 e. The highest BCUT2D eigenvalue weighted by molar-refractivity contribution is 6.32. The summed E-state index contributed by atoms with van der Waals surface area (Å²) in [6, 6.07) is 8.36. The number of rotatable bonds is 4. The van der Waals surface area contributed by atoms with E-state index in [-0.39, 0.29) is 18.7 Å². The molecule has 2 saturated heterocycles. The van der Waals surface area contributed by atoms with Crippen LogP contribution in [0.1, 0.15) is 35.1 Å². The lowest BCUT2D eigenvalue weighted by molar-refractivity contribution is -0.130. The third-order valence-corrected chi connectivity index (χ3v) is 7.66. The molecule has 0 saturated carbocycles. The molecule has 4 atom stereocenters. The number of benzene rings is 2. The molecule has 4 amide bonds.